The van der Waals surface area contributed by atoms with Gasteiger partial charge in [0, 0.05) is 17.7 Å². The van der Waals surface area contributed by atoms with E-state index in [4.69, 9.17) is 4.52 Å². The summed E-state index contributed by atoms with van der Waals surface area (Å²) in [5, 5.41) is 11.3. The van der Waals surface area contributed by atoms with Crippen LogP contribution in [0.25, 0.3) is 17.3 Å². The van der Waals surface area contributed by atoms with E-state index < -0.39 is 0 Å². The molecule has 1 unspecified atom stereocenters. The normalized spacial score (nSPS) is 14.3. The second kappa shape index (κ2) is 7.99. The fourth-order valence-electron chi connectivity index (χ4n) is 3.50. The van der Waals surface area contributed by atoms with E-state index in [9.17, 15) is 9.18 Å². The Bertz CT molecular complexity index is 1280. The molecule has 1 amide bonds. The number of carbonyl (C=O) groups is 1. The Morgan fingerprint density at radius 3 is 2.78 bits per heavy atom. The Morgan fingerprint density at radius 2 is 2.03 bits per heavy atom. The van der Waals surface area contributed by atoms with Crippen molar-refractivity contribution in [1.82, 2.24) is 30.2 Å². The van der Waals surface area contributed by atoms with E-state index in [-0.39, 0.29) is 17.8 Å². The Hall–Kier alpha value is -3.88. The van der Waals surface area contributed by atoms with Crippen LogP contribution in [0.4, 0.5) is 4.39 Å². The average Bonchev–Trinajstić information content (AvgIpc) is 3.39. The van der Waals surface area contributed by atoms with Gasteiger partial charge in [-0.2, -0.15) is 10.1 Å². The maximum atomic E-state index is 13.2. The quantitative estimate of drug-likeness (QED) is 0.492. The van der Waals surface area contributed by atoms with E-state index in [0.717, 1.165) is 29.8 Å². The Kier molecular flexibility index (Phi) is 5.01. The summed E-state index contributed by atoms with van der Waals surface area (Å²) < 4.78 is 20.2. The van der Waals surface area contributed by atoms with Gasteiger partial charge in [0.1, 0.15) is 5.82 Å². The van der Waals surface area contributed by atoms with Gasteiger partial charge in [0.15, 0.2) is 11.6 Å². The number of rotatable bonds is 6. The van der Waals surface area contributed by atoms with Gasteiger partial charge in [-0.25, -0.2) is 14.1 Å². The number of nitrogens with zero attached hydrogens (tertiary/aromatic N) is 5. The molecule has 8 nitrogen and oxygen atoms in total. The van der Waals surface area contributed by atoms with Crippen molar-refractivity contribution >= 4 is 5.91 Å². The van der Waals surface area contributed by atoms with Crippen molar-refractivity contribution < 1.29 is 13.7 Å². The van der Waals surface area contributed by atoms with Crippen LogP contribution in [0.3, 0.4) is 0 Å². The summed E-state index contributed by atoms with van der Waals surface area (Å²) in [5.74, 6) is 1.53. The van der Waals surface area contributed by atoms with Gasteiger partial charge in [0.2, 0.25) is 0 Å². The second-order valence-electron chi connectivity index (χ2n) is 7.94. The summed E-state index contributed by atoms with van der Waals surface area (Å²) in [7, 11) is 0. The third-order valence-corrected chi connectivity index (χ3v) is 5.57. The molecule has 4 aromatic rings. The molecule has 3 heterocycles. The summed E-state index contributed by atoms with van der Waals surface area (Å²) in [6.07, 6.45) is 5.34. The zero-order valence-corrected chi connectivity index (χ0v) is 17.6. The van der Waals surface area contributed by atoms with Gasteiger partial charge >= 0.3 is 0 Å². The zero-order valence-electron chi connectivity index (χ0n) is 17.6. The van der Waals surface area contributed by atoms with Crippen LogP contribution in [0.15, 0.2) is 53.3 Å². The minimum Gasteiger partial charge on any atom is -0.345 e. The van der Waals surface area contributed by atoms with Gasteiger partial charge in [-0.05, 0) is 56.5 Å². The first-order valence-electron chi connectivity index (χ1n) is 10.4. The molecule has 1 N–H and O–H groups in total. The highest BCUT2D eigenvalue weighted by Gasteiger charge is 2.29. The van der Waals surface area contributed by atoms with E-state index in [1.807, 2.05) is 6.92 Å². The van der Waals surface area contributed by atoms with Crippen LogP contribution < -0.4 is 5.32 Å². The summed E-state index contributed by atoms with van der Waals surface area (Å²) in [5.41, 5.74) is 2.62. The molecule has 5 rings (SSSR count). The molecule has 1 atom stereocenters. The van der Waals surface area contributed by atoms with Crippen molar-refractivity contribution in [1.29, 1.82) is 0 Å². The summed E-state index contributed by atoms with van der Waals surface area (Å²) >= 11 is 0. The van der Waals surface area contributed by atoms with Crippen molar-refractivity contribution in [3.63, 3.8) is 0 Å². The van der Waals surface area contributed by atoms with Crippen molar-refractivity contribution in [2.45, 2.75) is 38.6 Å². The monoisotopic (exact) mass is 432 g/mol. The third kappa shape index (κ3) is 3.89. The molecule has 0 spiro atoms. The van der Waals surface area contributed by atoms with Gasteiger partial charge in [-0.3, -0.25) is 4.79 Å². The smallest absolute Gasteiger partial charge is 0.258 e. The van der Waals surface area contributed by atoms with Crippen LogP contribution in [-0.2, 0) is 0 Å². The first-order valence-corrected chi connectivity index (χ1v) is 10.4. The zero-order chi connectivity index (χ0) is 22.2. The molecular formula is C23H21FN6O2. The number of benzene rings is 1. The lowest BCUT2D eigenvalue weighted by molar-refractivity contribution is 0.0939. The van der Waals surface area contributed by atoms with Crippen LogP contribution >= 0.6 is 0 Å². The molecule has 3 aromatic heterocycles. The van der Waals surface area contributed by atoms with Crippen molar-refractivity contribution in [2.75, 3.05) is 0 Å². The molecule has 1 aliphatic carbocycles. The van der Waals surface area contributed by atoms with E-state index in [0.29, 0.717) is 28.9 Å². The number of aromatic nitrogens is 5. The molecule has 0 aliphatic heterocycles. The van der Waals surface area contributed by atoms with Gasteiger partial charge < -0.3 is 9.84 Å². The van der Waals surface area contributed by atoms with Gasteiger partial charge in [0.25, 0.3) is 11.8 Å². The lowest BCUT2D eigenvalue weighted by Crippen LogP contribution is -2.27. The first kappa shape index (κ1) is 20.0. The summed E-state index contributed by atoms with van der Waals surface area (Å²) in [6.45, 7) is 3.65. The highest BCUT2D eigenvalue weighted by molar-refractivity contribution is 5.95. The number of hydrogen-bond acceptors (Lipinski definition) is 6. The number of hydrogen-bond donors (Lipinski definition) is 1. The third-order valence-electron chi connectivity index (χ3n) is 5.57. The Balaban J connectivity index is 1.36. The molecule has 1 aromatic carbocycles. The van der Waals surface area contributed by atoms with E-state index in [2.05, 4.69) is 25.5 Å². The highest BCUT2D eigenvalue weighted by atomic mass is 19.1. The number of carbonyl (C=O) groups excluding carboxylic acids is 1. The molecule has 1 fully saturated rings. The van der Waals surface area contributed by atoms with Crippen molar-refractivity contribution in [3.05, 3.63) is 77.3 Å². The van der Waals surface area contributed by atoms with E-state index in [1.54, 1.807) is 42.1 Å². The fraction of sp³-hybridized carbons (Fsp3) is 0.261. The predicted octanol–water partition coefficient (Wildman–Crippen LogP) is 4.13. The number of nitrogens with one attached hydrogen (secondary N) is 1. The molecule has 0 bridgehead atoms. The SMILES string of the molecule is Cc1c(C(=O)NC(C)c2ccc(F)cc2)cnn1-c1cc(-c2nc(C3CC3)no2)ccn1. The van der Waals surface area contributed by atoms with Crippen molar-refractivity contribution in [3.8, 4) is 17.3 Å². The second-order valence-corrected chi connectivity index (χ2v) is 7.94. The molecule has 32 heavy (non-hydrogen) atoms. The largest absolute Gasteiger partial charge is 0.345 e. The number of amides is 1. The molecule has 9 heteroatoms. The Labute approximate surface area is 183 Å². The van der Waals surface area contributed by atoms with Crippen LogP contribution in [-0.4, -0.2) is 30.8 Å². The number of pyridine rings is 1. The molecule has 162 valence electrons. The van der Waals surface area contributed by atoms with Crippen LogP contribution in [0.2, 0.25) is 0 Å². The van der Waals surface area contributed by atoms with Crippen LogP contribution in [0, 0.1) is 12.7 Å². The molecule has 1 saturated carbocycles. The Morgan fingerprint density at radius 1 is 1.25 bits per heavy atom. The van der Waals surface area contributed by atoms with Crippen LogP contribution in [0.1, 0.15) is 59.2 Å². The maximum Gasteiger partial charge on any atom is 0.258 e. The minimum absolute atomic E-state index is 0.271. The topological polar surface area (TPSA) is 98.7 Å². The maximum absolute atomic E-state index is 13.2. The number of halogens is 1. The highest BCUT2D eigenvalue weighted by Crippen LogP contribution is 2.38. The first-order chi connectivity index (χ1) is 15.5. The van der Waals surface area contributed by atoms with Gasteiger partial charge in [-0.1, -0.05) is 17.3 Å². The van der Waals surface area contributed by atoms with Gasteiger partial charge in [-0.15, -0.1) is 0 Å². The van der Waals surface area contributed by atoms with Crippen LogP contribution in [0.5, 0.6) is 0 Å². The lowest BCUT2D eigenvalue weighted by atomic mass is 10.1. The molecule has 1 aliphatic rings. The predicted molar refractivity (Wildman–Crippen MR) is 114 cm³/mol. The fourth-order valence-corrected chi connectivity index (χ4v) is 3.50. The van der Waals surface area contributed by atoms with E-state index in [1.165, 1.54) is 18.3 Å². The average molecular weight is 432 g/mol. The molecule has 0 radical (unpaired) electrons. The van der Waals surface area contributed by atoms with Crippen molar-refractivity contribution in [2.24, 2.45) is 0 Å². The molecular weight excluding hydrogens is 411 g/mol. The molecule has 0 saturated heterocycles. The standard InChI is InChI=1S/C23H21FN6O2/c1-13(15-5-7-18(24)8-6-15)27-22(31)19-12-26-30(14(19)2)20-11-17(9-10-25-20)23-28-21(29-32-23)16-3-4-16/h5-13,16H,3-4H2,1-2H3,(H,27,31). The van der Waals surface area contributed by atoms with E-state index >= 15 is 0 Å². The summed E-state index contributed by atoms with van der Waals surface area (Å²) in [6, 6.07) is 9.35. The lowest BCUT2D eigenvalue weighted by Gasteiger charge is -2.14. The summed E-state index contributed by atoms with van der Waals surface area (Å²) in [4.78, 5) is 21.7. The minimum atomic E-state index is -0.316. The van der Waals surface area contributed by atoms with Gasteiger partial charge in [0.05, 0.1) is 23.5 Å².